The number of hydrogen-bond acceptors (Lipinski definition) is 4. The summed E-state index contributed by atoms with van der Waals surface area (Å²) in [7, 11) is 2.14. The number of ether oxygens (including phenoxy) is 1. The van der Waals surface area contributed by atoms with Gasteiger partial charge in [0, 0.05) is 12.1 Å². The van der Waals surface area contributed by atoms with Crippen LogP contribution in [0.3, 0.4) is 0 Å². The minimum Gasteiger partial charge on any atom is -0.456 e. The van der Waals surface area contributed by atoms with Gasteiger partial charge in [-0.3, -0.25) is 5.41 Å². The maximum absolute atomic E-state index is 12.3. The summed E-state index contributed by atoms with van der Waals surface area (Å²) in [6.07, 6.45) is 0.486. The number of carbonyl (C=O) groups excluding carboxylic acids is 1. The van der Waals surface area contributed by atoms with Crippen LogP contribution in [0, 0.1) is 5.41 Å². The summed E-state index contributed by atoms with van der Waals surface area (Å²) in [6, 6.07) is 16.8. The molecule has 1 saturated heterocycles. The highest BCUT2D eigenvalue weighted by atomic mass is 16.6. The first-order chi connectivity index (χ1) is 14.5. The average molecular weight is 424 g/mol. The first-order valence-electron chi connectivity index (χ1n) is 10.9. The van der Waals surface area contributed by atoms with Gasteiger partial charge >= 0.3 is 5.97 Å². The van der Waals surface area contributed by atoms with Gasteiger partial charge in [-0.2, -0.15) is 0 Å². The van der Waals surface area contributed by atoms with Crippen molar-refractivity contribution >= 4 is 17.5 Å². The van der Waals surface area contributed by atoms with Crippen LogP contribution in [0.15, 0.2) is 48.5 Å². The molecule has 1 heterocycles. The zero-order valence-corrected chi connectivity index (χ0v) is 19.1. The Morgan fingerprint density at radius 1 is 1.03 bits per heavy atom. The summed E-state index contributed by atoms with van der Waals surface area (Å²) in [5.74, 6) is 0.0570. The van der Waals surface area contributed by atoms with Gasteiger partial charge in [0.05, 0.1) is 39.1 Å². The second-order valence-corrected chi connectivity index (χ2v) is 9.74. The lowest BCUT2D eigenvalue weighted by molar-refractivity contribution is -0.903. The van der Waals surface area contributed by atoms with E-state index in [1.807, 2.05) is 32.9 Å². The van der Waals surface area contributed by atoms with E-state index in [1.165, 1.54) is 11.3 Å². The van der Waals surface area contributed by atoms with E-state index in [9.17, 15) is 4.79 Å². The number of hydrogen-bond donors (Lipinski definition) is 2. The Balaban J connectivity index is 1.58. The van der Waals surface area contributed by atoms with Gasteiger partial charge in [0.25, 0.3) is 0 Å². The van der Waals surface area contributed by atoms with Crippen molar-refractivity contribution < 1.29 is 14.0 Å². The Labute approximate surface area is 185 Å². The zero-order chi connectivity index (χ0) is 22.6. The zero-order valence-electron chi connectivity index (χ0n) is 19.1. The Morgan fingerprint density at radius 2 is 1.55 bits per heavy atom. The largest absolute Gasteiger partial charge is 0.456 e. The standard InChI is InChI=1S/C25H35N4O2/c1-25(2,3)31-24(30)18-29(4)15-13-28(14-16-29)22-11-9-21(10-12-22)20-7-5-19(6-8-20)17-23(26)27/h5-12H,13-18H2,1-4H3,(H3,26,27)/q+1. The lowest BCUT2D eigenvalue weighted by Gasteiger charge is -2.42. The predicted molar refractivity (Wildman–Crippen MR) is 126 cm³/mol. The third kappa shape index (κ3) is 6.56. The van der Waals surface area contributed by atoms with Crippen molar-refractivity contribution in [2.45, 2.75) is 32.8 Å². The number of amidine groups is 1. The molecule has 0 atom stereocenters. The van der Waals surface area contributed by atoms with Gasteiger partial charge in [-0.15, -0.1) is 0 Å². The molecule has 1 aliphatic heterocycles. The molecule has 6 heteroatoms. The maximum atomic E-state index is 12.3. The van der Waals surface area contributed by atoms with E-state index in [0.717, 1.165) is 41.8 Å². The molecule has 0 aromatic heterocycles. The first-order valence-corrected chi connectivity index (χ1v) is 10.9. The molecule has 0 aliphatic carbocycles. The minimum absolute atomic E-state index is 0.123. The number of benzene rings is 2. The summed E-state index contributed by atoms with van der Waals surface area (Å²) in [5, 5.41) is 7.41. The Hall–Kier alpha value is -2.86. The van der Waals surface area contributed by atoms with Gasteiger partial charge in [-0.25, -0.2) is 4.79 Å². The third-order valence-corrected chi connectivity index (χ3v) is 5.66. The van der Waals surface area contributed by atoms with Gasteiger partial charge in [0.15, 0.2) is 6.54 Å². The highest BCUT2D eigenvalue weighted by Gasteiger charge is 2.33. The number of piperazine rings is 1. The molecule has 3 rings (SSSR count). The lowest BCUT2D eigenvalue weighted by Crippen LogP contribution is -2.59. The number of esters is 1. The fourth-order valence-corrected chi connectivity index (χ4v) is 3.95. The quantitative estimate of drug-likeness (QED) is 0.323. The van der Waals surface area contributed by atoms with E-state index in [2.05, 4.69) is 48.3 Å². The van der Waals surface area contributed by atoms with Crippen LogP contribution in [-0.2, 0) is 16.0 Å². The summed E-state index contributed by atoms with van der Waals surface area (Å²) < 4.78 is 6.23. The van der Waals surface area contributed by atoms with E-state index in [-0.39, 0.29) is 11.8 Å². The van der Waals surface area contributed by atoms with Crippen LogP contribution >= 0.6 is 0 Å². The van der Waals surface area contributed by atoms with Crippen molar-refractivity contribution in [2.24, 2.45) is 5.73 Å². The monoisotopic (exact) mass is 423 g/mol. The van der Waals surface area contributed by atoms with Crippen LogP contribution in [0.1, 0.15) is 26.3 Å². The van der Waals surface area contributed by atoms with Crippen molar-refractivity contribution in [3.8, 4) is 11.1 Å². The summed E-state index contributed by atoms with van der Waals surface area (Å²) in [4.78, 5) is 14.6. The third-order valence-electron chi connectivity index (χ3n) is 5.66. The molecule has 1 aliphatic rings. The first kappa shape index (κ1) is 22.8. The minimum atomic E-state index is -0.437. The van der Waals surface area contributed by atoms with Gasteiger partial charge in [0.1, 0.15) is 5.60 Å². The molecule has 6 nitrogen and oxygen atoms in total. The molecule has 0 unspecified atom stereocenters. The van der Waals surface area contributed by atoms with E-state index in [1.54, 1.807) is 0 Å². The van der Waals surface area contributed by atoms with Crippen LogP contribution in [-0.4, -0.2) is 61.7 Å². The molecule has 3 N–H and O–H groups in total. The molecular formula is C25H35N4O2+. The summed E-state index contributed by atoms with van der Waals surface area (Å²) in [5.41, 5.74) is 9.62. The molecule has 2 aromatic carbocycles. The maximum Gasteiger partial charge on any atom is 0.362 e. The molecule has 0 amide bonds. The SMILES string of the molecule is CC(C)(C)OC(=O)C[N+]1(C)CCN(c2ccc(-c3ccc(CC(=N)N)cc3)cc2)CC1. The van der Waals surface area contributed by atoms with E-state index < -0.39 is 5.60 Å². The molecule has 166 valence electrons. The number of nitrogens with one attached hydrogen (secondary N) is 1. The molecule has 31 heavy (non-hydrogen) atoms. The van der Waals surface area contributed by atoms with Crippen LogP contribution < -0.4 is 10.6 Å². The van der Waals surface area contributed by atoms with Crippen LogP contribution in [0.25, 0.3) is 11.1 Å². The van der Waals surface area contributed by atoms with Crippen molar-refractivity contribution in [2.75, 3.05) is 44.7 Å². The second-order valence-electron chi connectivity index (χ2n) is 9.74. The van der Waals surface area contributed by atoms with Gasteiger partial charge in [-0.1, -0.05) is 36.4 Å². The Morgan fingerprint density at radius 3 is 2.03 bits per heavy atom. The fraction of sp³-hybridized carbons (Fsp3) is 0.440. The topological polar surface area (TPSA) is 79.4 Å². The molecule has 2 aromatic rings. The van der Waals surface area contributed by atoms with Crippen LogP contribution in [0.2, 0.25) is 0 Å². The van der Waals surface area contributed by atoms with Gasteiger partial charge < -0.3 is 19.9 Å². The van der Waals surface area contributed by atoms with Crippen molar-refractivity contribution in [1.29, 1.82) is 5.41 Å². The summed E-state index contributed by atoms with van der Waals surface area (Å²) >= 11 is 0. The van der Waals surface area contributed by atoms with Gasteiger partial charge in [-0.05, 0) is 49.6 Å². The smallest absolute Gasteiger partial charge is 0.362 e. The highest BCUT2D eigenvalue weighted by molar-refractivity contribution is 5.79. The van der Waals surface area contributed by atoms with Crippen molar-refractivity contribution in [1.82, 2.24) is 0 Å². The van der Waals surface area contributed by atoms with Crippen LogP contribution in [0.5, 0.6) is 0 Å². The number of carbonyl (C=O) groups is 1. The molecular weight excluding hydrogens is 388 g/mol. The molecule has 1 fully saturated rings. The van der Waals surface area contributed by atoms with Crippen molar-refractivity contribution in [3.05, 3.63) is 54.1 Å². The molecule has 0 spiro atoms. The number of likely N-dealkylation sites (N-methyl/N-ethyl adjacent to an activating group) is 1. The summed E-state index contributed by atoms with van der Waals surface area (Å²) in [6.45, 7) is 9.81. The van der Waals surface area contributed by atoms with Crippen LogP contribution in [0.4, 0.5) is 5.69 Å². The number of quaternary nitrogens is 1. The number of nitrogens with zero attached hydrogens (tertiary/aromatic N) is 2. The van der Waals surface area contributed by atoms with Crippen molar-refractivity contribution in [3.63, 3.8) is 0 Å². The highest BCUT2D eigenvalue weighted by Crippen LogP contribution is 2.25. The Kier molecular flexibility index (Phi) is 6.70. The second kappa shape index (κ2) is 9.10. The number of anilines is 1. The average Bonchev–Trinajstić information content (AvgIpc) is 2.67. The predicted octanol–water partition coefficient (Wildman–Crippen LogP) is 3.44. The van der Waals surface area contributed by atoms with E-state index >= 15 is 0 Å². The van der Waals surface area contributed by atoms with E-state index in [0.29, 0.717) is 13.0 Å². The number of rotatable bonds is 6. The Bertz CT molecular complexity index is 906. The fourth-order valence-electron chi connectivity index (χ4n) is 3.95. The molecule has 0 saturated carbocycles. The van der Waals surface area contributed by atoms with Gasteiger partial charge in [0.2, 0.25) is 0 Å². The number of nitrogens with two attached hydrogens (primary N) is 1. The molecule has 0 bridgehead atoms. The normalized spacial score (nSPS) is 16.1. The lowest BCUT2D eigenvalue weighted by atomic mass is 10.0. The molecule has 0 radical (unpaired) electrons. The van der Waals surface area contributed by atoms with E-state index in [4.69, 9.17) is 15.9 Å².